The number of ether oxygens (including phenoxy) is 1. The van der Waals surface area contributed by atoms with Gasteiger partial charge in [-0.3, -0.25) is 4.90 Å². The van der Waals surface area contributed by atoms with Gasteiger partial charge in [-0.15, -0.1) is 0 Å². The molecule has 1 aliphatic rings. The summed E-state index contributed by atoms with van der Waals surface area (Å²) in [6, 6.07) is 6.20. The number of carbonyl (C=O) groups excluding carboxylic acids is 1. The standard InChI is InChI=1S/C17H26N2O2/c1-17(2,3)21-16(20)19-12-10-14-13(7-4-5-11-18)8-6-9-15(14)19/h6,8-9H,4-5,7,10-12,18H2,1-3H3. The van der Waals surface area contributed by atoms with Crippen LogP contribution in [0.1, 0.15) is 44.7 Å². The molecule has 116 valence electrons. The van der Waals surface area contributed by atoms with Crippen molar-refractivity contribution in [1.29, 1.82) is 0 Å². The van der Waals surface area contributed by atoms with Crippen LogP contribution in [0.2, 0.25) is 0 Å². The fraction of sp³-hybridized carbons (Fsp3) is 0.588. The Kier molecular flexibility index (Phi) is 4.88. The predicted octanol–water partition coefficient (Wildman–Crippen LogP) is 3.27. The monoisotopic (exact) mass is 290 g/mol. The molecule has 2 rings (SSSR count). The second-order valence-electron chi connectivity index (χ2n) is 6.54. The van der Waals surface area contributed by atoms with Crippen LogP contribution < -0.4 is 10.6 Å². The maximum absolute atomic E-state index is 12.3. The quantitative estimate of drug-likeness (QED) is 0.866. The molecule has 0 atom stereocenters. The molecule has 21 heavy (non-hydrogen) atoms. The maximum Gasteiger partial charge on any atom is 0.414 e. The van der Waals surface area contributed by atoms with Crippen molar-refractivity contribution >= 4 is 11.8 Å². The molecule has 0 bridgehead atoms. The van der Waals surface area contributed by atoms with Crippen LogP contribution >= 0.6 is 0 Å². The number of unbranched alkanes of at least 4 members (excludes halogenated alkanes) is 1. The third-order valence-corrected chi connectivity index (χ3v) is 3.64. The molecule has 1 aromatic carbocycles. The number of fused-ring (bicyclic) bond motifs is 1. The molecule has 0 aromatic heterocycles. The van der Waals surface area contributed by atoms with Gasteiger partial charge in [-0.05, 0) is 70.2 Å². The molecule has 4 heteroatoms. The van der Waals surface area contributed by atoms with Gasteiger partial charge in [-0.25, -0.2) is 4.79 Å². The molecule has 1 heterocycles. The summed E-state index contributed by atoms with van der Waals surface area (Å²) in [5.41, 5.74) is 8.74. The maximum atomic E-state index is 12.3. The third kappa shape index (κ3) is 3.97. The molecule has 0 saturated carbocycles. The first kappa shape index (κ1) is 15.8. The van der Waals surface area contributed by atoms with Gasteiger partial charge in [0.15, 0.2) is 0 Å². The van der Waals surface area contributed by atoms with Gasteiger partial charge in [0.25, 0.3) is 0 Å². The molecular weight excluding hydrogens is 264 g/mol. The minimum atomic E-state index is -0.460. The largest absolute Gasteiger partial charge is 0.443 e. The first-order valence-corrected chi connectivity index (χ1v) is 7.74. The van der Waals surface area contributed by atoms with Crippen LogP contribution in [0, 0.1) is 0 Å². The van der Waals surface area contributed by atoms with E-state index in [1.165, 1.54) is 11.1 Å². The lowest BCUT2D eigenvalue weighted by Gasteiger charge is -2.25. The summed E-state index contributed by atoms with van der Waals surface area (Å²) in [7, 11) is 0. The first-order chi connectivity index (χ1) is 9.92. The second-order valence-corrected chi connectivity index (χ2v) is 6.54. The van der Waals surface area contributed by atoms with Gasteiger partial charge < -0.3 is 10.5 Å². The van der Waals surface area contributed by atoms with Crippen LogP contribution in [-0.4, -0.2) is 24.8 Å². The van der Waals surface area contributed by atoms with E-state index in [9.17, 15) is 4.79 Å². The zero-order valence-corrected chi connectivity index (χ0v) is 13.3. The van der Waals surface area contributed by atoms with Gasteiger partial charge in [0.2, 0.25) is 0 Å². The molecule has 4 nitrogen and oxygen atoms in total. The molecule has 2 N–H and O–H groups in total. The molecule has 0 aliphatic carbocycles. The van der Waals surface area contributed by atoms with Gasteiger partial charge in [0, 0.05) is 6.54 Å². The number of anilines is 1. The topological polar surface area (TPSA) is 55.6 Å². The van der Waals surface area contributed by atoms with E-state index in [0.29, 0.717) is 6.54 Å². The van der Waals surface area contributed by atoms with Crippen molar-refractivity contribution in [3.05, 3.63) is 29.3 Å². The Morgan fingerprint density at radius 3 is 2.76 bits per heavy atom. The van der Waals surface area contributed by atoms with E-state index in [4.69, 9.17) is 10.5 Å². The summed E-state index contributed by atoms with van der Waals surface area (Å²) in [6.45, 7) is 7.12. The SMILES string of the molecule is CC(C)(C)OC(=O)N1CCc2c(CCCCN)cccc21. The Morgan fingerprint density at radius 1 is 1.33 bits per heavy atom. The third-order valence-electron chi connectivity index (χ3n) is 3.64. The van der Waals surface area contributed by atoms with Crippen molar-refractivity contribution in [1.82, 2.24) is 0 Å². The number of hydrogen-bond acceptors (Lipinski definition) is 3. The minimum absolute atomic E-state index is 0.250. The zero-order chi connectivity index (χ0) is 15.5. The minimum Gasteiger partial charge on any atom is -0.443 e. The summed E-state index contributed by atoms with van der Waals surface area (Å²) in [6.07, 6.45) is 3.83. The van der Waals surface area contributed by atoms with Gasteiger partial charge in [0.05, 0.1) is 5.69 Å². The van der Waals surface area contributed by atoms with Gasteiger partial charge in [-0.2, -0.15) is 0 Å². The van der Waals surface area contributed by atoms with Crippen LogP contribution in [-0.2, 0) is 17.6 Å². The number of rotatable bonds is 4. The van der Waals surface area contributed by atoms with Crippen molar-refractivity contribution < 1.29 is 9.53 Å². The fourth-order valence-electron chi connectivity index (χ4n) is 2.71. The van der Waals surface area contributed by atoms with Crippen molar-refractivity contribution in [2.45, 2.75) is 52.1 Å². The van der Waals surface area contributed by atoms with Gasteiger partial charge in [0.1, 0.15) is 5.60 Å². The van der Waals surface area contributed by atoms with Gasteiger partial charge in [-0.1, -0.05) is 12.1 Å². The highest BCUT2D eigenvalue weighted by Crippen LogP contribution is 2.32. The summed E-state index contributed by atoms with van der Waals surface area (Å²) in [4.78, 5) is 14.0. The molecule has 0 spiro atoms. The first-order valence-electron chi connectivity index (χ1n) is 7.74. The second kappa shape index (κ2) is 6.48. The summed E-state index contributed by atoms with van der Waals surface area (Å²) >= 11 is 0. The van der Waals surface area contributed by atoms with Crippen molar-refractivity contribution in [2.24, 2.45) is 5.73 Å². The summed E-state index contributed by atoms with van der Waals surface area (Å²) in [5, 5.41) is 0. The lowest BCUT2D eigenvalue weighted by atomic mass is 10.00. The highest BCUT2D eigenvalue weighted by Gasteiger charge is 2.29. The number of nitrogens with zero attached hydrogens (tertiary/aromatic N) is 1. The highest BCUT2D eigenvalue weighted by molar-refractivity contribution is 5.90. The van der Waals surface area contributed by atoms with E-state index < -0.39 is 5.60 Å². The number of benzene rings is 1. The number of hydrogen-bond donors (Lipinski definition) is 1. The average molecular weight is 290 g/mol. The van der Waals surface area contributed by atoms with Crippen molar-refractivity contribution in [3.63, 3.8) is 0 Å². The molecule has 1 amide bonds. The average Bonchev–Trinajstić information content (AvgIpc) is 2.82. The molecule has 0 fully saturated rings. The van der Waals surface area contributed by atoms with E-state index in [-0.39, 0.29) is 6.09 Å². The molecular formula is C17H26N2O2. The molecule has 0 unspecified atom stereocenters. The summed E-state index contributed by atoms with van der Waals surface area (Å²) in [5.74, 6) is 0. The van der Waals surface area contributed by atoms with Crippen LogP contribution in [0.3, 0.4) is 0 Å². The Bertz CT molecular complexity index is 506. The smallest absolute Gasteiger partial charge is 0.414 e. The molecule has 1 aromatic rings. The number of amides is 1. The van der Waals surface area contributed by atoms with E-state index in [2.05, 4.69) is 6.07 Å². The Labute approximate surface area is 127 Å². The highest BCUT2D eigenvalue weighted by atomic mass is 16.6. The number of aryl methyl sites for hydroxylation is 1. The lowest BCUT2D eigenvalue weighted by molar-refractivity contribution is 0.0584. The Morgan fingerprint density at radius 2 is 2.10 bits per heavy atom. The predicted molar refractivity (Wildman–Crippen MR) is 85.7 cm³/mol. The van der Waals surface area contributed by atoms with E-state index in [1.807, 2.05) is 32.9 Å². The normalized spacial score (nSPS) is 14.2. The van der Waals surface area contributed by atoms with Crippen LogP contribution in [0.15, 0.2) is 18.2 Å². The molecule has 1 aliphatic heterocycles. The summed E-state index contributed by atoms with van der Waals surface area (Å²) < 4.78 is 5.49. The molecule has 0 radical (unpaired) electrons. The van der Waals surface area contributed by atoms with E-state index in [1.54, 1.807) is 4.90 Å². The van der Waals surface area contributed by atoms with Crippen LogP contribution in [0.4, 0.5) is 10.5 Å². The van der Waals surface area contributed by atoms with E-state index >= 15 is 0 Å². The Balaban J connectivity index is 2.13. The van der Waals surface area contributed by atoms with Gasteiger partial charge >= 0.3 is 6.09 Å². The Hall–Kier alpha value is -1.55. The fourth-order valence-corrected chi connectivity index (χ4v) is 2.71. The molecule has 0 saturated heterocycles. The van der Waals surface area contributed by atoms with Crippen LogP contribution in [0.25, 0.3) is 0 Å². The van der Waals surface area contributed by atoms with Crippen molar-refractivity contribution in [2.75, 3.05) is 18.0 Å². The van der Waals surface area contributed by atoms with E-state index in [0.717, 1.165) is 37.9 Å². The van der Waals surface area contributed by atoms with Crippen LogP contribution in [0.5, 0.6) is 0 Å². The number of nitrogens with two attached hydrogens (primary N) is 1. The number of carbonyl (C=O) groups is 1. The zero-order valence-electron chi connectivity index (χ0n) is 13.3. The van der Waals surface area contributed by atoms with Crippen molar-refractivity contribution in [3.8, 4) is 0 Å². The lowest BCUT2D eigenvalue weighted by Crippen LogP contribution is -2.35.